The van der Waals surface area contributed by atoms with E-state index in [2.05, 4.69) is 66.8 Å². The maximum absolute atomic E-state index is 14.0. The number of benzene rings is 1. The number of anilines is 1. The van der Waals surface area contributed by atoms with Crippen LogP contribution < -0.4 is 27.0 Å². The van der Waals surface area contributed by atoms with Crippen LogP contribution in [0, 0.1) is 46.3 Å². The van der Waals surface area contributed by atoms with Gasteiger partial charge >= 0.3 is 24.2 Å². The van der Waals surface area contributed by atoms with Crippen LogP contribution in [0.4, 0.5) is 20.1 Å². The predicted octanol–water partition coefficient (Wildman–Crippen LogP) is 7.95. The van der Waals surface area contributed by atoms with Gasteiger partial charge in [-0.1, -0.05) is 77.1 Å². The molecule has 5 amide bonds. The maximum Gasteiger partial charge on any atom is 0.509 e. The number of nitrogens with one attached hydrogen (secondary N) is 4. The lowest BCUT2D eigenvalue weighted by Gasteiger charge is -2.53. The van der Waals surface area contributed by atoms with Crippen LogP contribution in [0.3, 0.4) is 0 Å². The highest BCUT2D eigenvalue weighted by atomic mass is 16.8. The van der Waals surface area contributed by atoms with Crippen molar-refractivity contribution in [1.82, 2.24) is 16.0 Å². The van der Waals surface area contributed by atoms with Crippen LogP contribution in [0.2, 0.25) is 0 Å². The fourth-order valence-corrected chi connectivity index (χ4v) is 17.4. The van der Waals surface area contributed by atoms with Crippen LogP contribution in [-0.2, 0) is 54.1 Å². The van der Waals surface area contributed by atoms with Gasteiger partial charge in [-0.05, 0) is 179 Å². The minimum atomic E-state index is -1.51. The molecule has 8 N–H and O–H groups in total. The van der Waals surface area contributed by atoms with Crippen molar-refractivity contribution in [3.63, 3.8) is 0 Å². The molecule has 11 aliphatic rings. The monoisotopic (exact) mass is 1190 g/mol. The normalized spacial score (nSPS) is 38.1. The highest BCUT2D eigenvalue weighted by Crippen LogP contribution is 2.83. The second-order valence-electron chi connectivity index (χ2n) is 28.1. The number of ether oxygens (including phenoxy) is 7. The number of aliphatic hydroxyl groups excluding tert-OH is 2. The van der Waals surface area contributed by atoms with Gasteiger partial charge in [0.15, 0.2) is 11.7 Å². The van der Waals surface area contributed by atoms with E-state index in [4.69, 9.17) is 38.9 Å². The Labute approximate surface area is 503 Å². The van der Waals surface area contributed by atoms with Crippen LogP contribution in [-0.4, -0.2) is 131 Å². The van der Waals surface area contributed by atoms with Crippen LogP contribution in [0.5, 0.6) is 0 Å². The number of esters is 1. The molecule has 1 aromatic rings. The summed E-state index contributed by atoms with van der Waals surface area (Å²) in [6, 6.07) is 4.86. The van der Waals surface area contributed by atoms with Gasteiger partial charge in [-0.3, -0.25) is 9.59 Å². The van der Waals surface area contributed by atoms with Crippen LogP contribution in [0.25, 0.3) is 0 Å². The van der Waals surface area contributed by atoms with Crippen molar-refractivity contribution in [2.75, 3.05) is 18.5 Å². The first-order valence-electron chi connectivity index (χ1n) is 31.5. The lowest BCUT2D eigenvalue weighted by Crippen LogP contribution is -2.70. The molecule has 0 bridgehead atoms. The number of urea groups is 1. The lowest BCUT2D eigenvalue weighted by atomic mass is 9.46. The van der Waals surface area contributed by atoms with E-state index >= 15 is 0 Å². The van der Waals surface area contributed by atoms with Crippen LogP contribution >= 0.6 is 0 Å². The van der Waals surface area contributed by atoms with Crippen molar-refractivity contribution < 1.29 is 72.1 Å². The number of cyclic esters (lactones) is 1. The topological polar surface area (TPSA) is 292 Å². The highest BCUT2D eigenvalue weighted by molar-refractivity contribution is 5.99. The van der Waals surface area contributed by atoms with E-state index in [1.165, 1.54) is 19.4 Å². The summed E-state index contributed by atoms with van der Waals surface area (Å²) in [5, 5.41) is 31.7. The van der Waals surface area contributed by atoms with Gasteiger partial charge in [0.2, 0.25) is 11.8 Å². The Bertz CT molecular complexity index is 3080. The minimum absolute atomic E-state index is 0.0234. The van der Waals surface area contributed by atoms with Crippen LogP contribution in [0.15, 0.2) is 83.0 Å². The second kappa shape index (κ2) is 22.2. The molecule has 4 unspecified atom stereocenters. The Kier molecular flexibility index (Phi) is 15.6. The summed E-state index contributed by atoms with van der Waals surface area (Å²) in [4.78, 5) is 79.7. The third-order valence-electron chi connectivity index (χ3n) is 22.3. The number of carbonyl (C=O) groups is 6. The average molecular weight is 1190 g/mol. The van der Waals surface area contributed by atoms with Crippen molar-refractivity contribution in [1.29, 1.82) is 0 Å². The number of primary amides is 1. The molecule has 4 heterocycles. The van der Waals surface area contributed by atoms with E-state index < -0.39 is 88.3 Å². The summed E-state index contributed by atoms with van der Waals surface area (Å²) < 4.78 is 43.8. The Morgan fingerprint density at radius 2 is 1.70 bits per heavy atom. The molecule has 9 fully saturated rings. The van der Waals surface area contributed by atoms with Gasteiger partial charge in [0, 0.05) is 29.6 Å². The molecule has 6 saturated carbocycles. The number of nitrogens with two attached hydrogens (primary N) is 1. The van der Waals surface area contributed by atoms with Crippen molar-refractivity contribution in [3.8, 4) is 0 Å². The molecule has 4 aliphatic heterocycles. The van der Waals surface area contributed by atoms with E-state index in [-0.39, 0.29) is 86.0 Å². The first-order valence-corrected chi connectivity index (χ1v) is 31.5. The quantitative estimate of drug-likeness (QED) is 0.0227. The predicted molar refractivity (Wildman–Crippen MR) is 313 cm³/mol. The van der Waals surface area contributed by atoms with E-state index in [9.17, 15) is 39.0 Å². The molecule has 17 atom stereocenters. The smallest absolute Gasteiger partial charge is 0.458 e. The third-order valence-corrected chi connectivity index (χ3v) is 22.3. The number of rotatable bonds is 19. The first kappa shape index (κ1) is 60.2. The van der Waals surface area contributed by atoms with Gasteiger partial charge in [0.1, 0.15) is 54.3 Å². The molecule has 0 aromatic heterocycles. The van der Waals surface area contributed by atoms with E-state index in [1.54, 1.807) is 24.3 Å². The molecule has 7 aliphatic carbocycles. The van der Waals surface area contributed by atoms with Crippen molar-refractivity contribution in [3.05, 3.63) is 88.6 Å². The van der Waals surface area contributed by atoms with Gasteiger partial charge in [-0.2, -0.15) is 0 Å². The third kappa shape index (κ3) is 10.3. The number of epoxide rings is 3. The number of aliphatic hydroxyl groups is 2. The van der Waals surface area contributed by atoms with Crippen molar-refractivity contribution in [2.24, 2.45) is 52.1 Å². The summed E-state index contributed by atoms with van der Waals surface area (Å²) in [6.45, 7) is 18.4. The molecule has 86 heavy (non-hydrogen) atoms. The zero-order valence-electron chi connectivity index (χ0n) is 50.7. The average Bonchev–Trinajstić information content (AvgIpc) is 1.42. The van der Waals surface area contributed by atoms with Gasteiger partial charge in [-0.15, -0.1) is 0 Å². The molecule has 20 heteroatoms. The molecule has 20 nitrogen and oxygen atoms in total. The molecule has 3 saturated heterocycles. The van der Waals surface area contributed by atoms with Gasteiger partial charge < -0.3 is 70.4 Å². The van der Waals surface area contributed by atoms with Crippen molar-refractivity contribution >= 4 is 41.8 Å². The van der Waals surface area contributed by atoms with E-state index in [0.717, 1.165) is 61.7 Å². The number of fused-ring (bicyclic) bond motifs is 5. The summed E-state index contributed by atoms with van der Waals surface area (Å²) in [7, 11) is 0. The second-order valence-corrected chi connectivity index (χ2v) is 28.1. The Morgan fingerprint density at radius 3 is 2.43 bits per heavy atom. The number of allylic oxidation sites excluding steroid dienone is 4. The molecule has 466 valence electrons. The number of hydrogen-bond donors (Lipinski definition) is 7. The minimum Gasteiger partial charge on any atom is -0.458 e. The number of hydrogen-bond acceptors (Lipinski definition) is 15. The Balaban J connectivity index is 0.642. The maximum atomic E-state index is 14.0. The summed E-state index contributed by atoms with van der Waals surface area (Å²) >= 11 is 0. The zero-order valence-corrected chi connectivity index (χ0v) is 50.7. The summed E-state index contributed by atoms with van der Waals surface area (Å²) in [5.74, 6) is -0.213. The Hall–Kier alpha value is -6.06. The molecule has 1 aromatic carbocycles. The van der Waals surface area contributed by atoms with E-state index in [1.807, 2.05) is 19.9 Å². The van der Waals surface area contributed by atoms with Crippen LogP contribution in [0.1, 0.15) is 144 Å². The fourth-order valence-electron chi connectivity index (χ4n) is 17.4. The number of carbonyl (C=O) groups excluding carboxylic acids is 6. The molecular formula is C66H87N5O15. The molecular weight excluding hydrogens is 1100 g/mol. The largest absolute Gasteiger partial charge is 0.509 e. The van der Waals surface area contributed by atoms with Gasteiger partial charge in [-0.25, -0.2) is 19.2 Å². The number of amides is 5. The summed E-state index contributed by atoms with van der Waals surface area (Å²) in [5.41, 5.74) is 6.80. The standard InChI is InChI=1S/C66H87N5O15/c1-34(2)64-52(85-64)53-66(86-53)63(8)27-25-43-44(33-80-55(43)75)47(63)31-51-65(66,84-51)56(64)83-60(79)81-32-37-14-20-41(21-15-37)69-54(74)48(12-10-28-68-58(67)77)70-57(76)61(5,6)71-59(78)82-50(39-17-18-39)24-13-35(3)45-22-23-46-38(11-9-26-62(45,46)7)16-19-40-29-42(72)30-49(73)36(40)4/h13-16,19-21,24,34-35,39,42,45-53,56,72-73H,4,9-12,17-18,22-23,25-33H2,1-3,5-8H3,(H,69,74)(H,70,76)(H,71,78)(H3,67,68,77)/b24-13+,38-16+,40-19-/t35-,42+,45?,46?,47-,48?,49-,50?,51-,52-,53-,56+,62+,63-,64-,65+,66+/m0/s1. The van der Waals surface area contributed by atoms with Gasteiger partial charge in [0.05, 0.1) is 18.3 Å². The van der Waals surface area contributed by atoms with Gasteiger partial charge in [0.25, 0.3) is 0 Å². The lowest BCUT2D eigenvalue weighted by molar-refractivity contribution is -0.136. The number of alkyl carbamates (subject to hydrolysis) is 1. The molecule has 2 spiro atoms. The molecule has 0 radical (unpaired) electrons. The van der Waals surface area contributed by atoms with Crippen molar-refractivity contribution in [2.45, 2.75) is 216 Å². The summed E-state index contributed by atoms with van der Waals surface area (Å²) in [6.07, 6.45) is 13.8. The Morgan fingerprint density at radius 1 is 0.930 bits per heavy atom. The molecule has 12 rings (SSSR count). The zero-order chi connectivity index (χ0) is 61.0. The van der Waals surface area contributed by atoms with E-state index in [0.29, 0.717) is 60.8 Å². The SMILES string of the molecule is C=C1/C(=C\C=C2/CCC[C@@]3(C)C2CCC3[C@@H](C)/C=C/C(OC(=O)NC(C)(C)C(=O)NC(CCCNC(N)=O)C(=O)Nc2ccc(COC(=O)O[C@@H]3[C@@]4(C(C)C)O[C@H]4[C@@H]4O[C@]45[C@]34O[C@H]4C[C@H]3C4=C(CC[C@@]35C)C(=O)OC4)cc2)C2CC2)C[C@@H](O)C[C@@H]1O. The fraction of sp³-hybridized carbons (Fsp3) is 0.667. The highest BCUT2D eigenvalue weighted by Gasteiger charge is 3.01. The first-order chi connectivity index (χ1) is 40.9.